The summed E-state index contributed by atoms with van der Waals surface area (Å²) < 4.78 is 4.67. The minimum atomic E-state index is -0.463. The van der Waals surface area contributed by atoms with Crippen LogP contribution in [0.3, 0.4) is 0 Å². The number of rotatable bonds is 6. The van der Waals surface area contributed by atoms with Crippen LogP contribution in [0.1, 0.15) is 39.9 Å². The number of hydrogen-bond donors (Lipinski definition) is 2. The normalized spacial score (nSPS) is 10.1. The highest BCUT2D eigenvalue weighted by Gasteiger charge is 2.12. The molecule has 7 heteroatoms. The van der Waals surface area contributed by atoms with Crippen LogP contribution in [0.2, 0.25) is 0 Å². The number of esters is 1. The Morgan fingerprint density at radius 1 is 1.21 bits per heavy atom. The number of carbonyl (C=O) groups is 2. The lowest BCUT2D eigenvalue weighted by molar-refractivity contribution is 0.0600. The van der Waals surface area contributed by atoms with E-state index in [4.69, 9.17) is 0 Å². The number of anilines is 2. The first kappa shape index (κ1) is 17.4. The summed E-state index contributed by atoms with van der Waals surface area (Å²) in [5, 5.41) is 5.79. The van der Waals surface area contributed by atoms with Crippen molar-refractivity contribution in [2.24, 2.45) is 0 Å². The van der Waals surface area contributed by atoms with Crippen LogP contribution in [-0.4, -0.2) is 35.5 Å². The second kappa shape index (κ2) is 8.05. The molecule has 2 rings (SSSR count). The molecule has 1 heterocycles. The third kappa shape index (κ3) is 4.52. The molecule has 0 spiro atoms. The molecule has 1 amide bonds. The van der Waals surface area contributed by atoms with Crippen molar-refractivity contribution >= 4 is 23.5 Å². The summed E-state index contributed by atoms with van der Waals surface area (Å²) in [6, 6.07) is 8.13. The van der Waals surface area contributed by atoms with Crippen molar-refractivity contribution in [3.05, 3.63) is 47.3 Å². The number of ether oxygens (including phenoxy) is 1. The van der Waals surface area contributed by atoms with Gasteiger partial charge in [-0.1, -0.05) is 13.0 Å². The fourth-order valence-corrected chi connectivity index (χ4v) is 2.04. The van der Waals surface area contributed by atoms with E-state index in [0.29, 0.717) is 22.9 Å². The largest absolute Gasteiger partial charge is 0.465 e. The maximum absolute atomic E-state index is 12.4. The molecule has 24 heavy (non-hydrogen) atoms. The van der Waals surface area contributed by atoms with Gasteiger partial charge in [0.2, 0.25) is 5.95 Å². The number of amides is 1. The van der Waals surface area contributed by atoms with Crippen LogP contribution in [-0.2, 0) is 4.74 Å². The minimum Gasteiger partial charge on any atom is -0.465 e. The summed E-state index contributed by atoms with van der Waals surface area (Å²) in [5.74, 6) is -0.414. The highest BCUT2D eigenvalue weighted by Crippen LogP contribution is 2.13. The van der Waals surface area contributed by atoms with Gasteiger partial charge in [0.25, 0.3) is 5.91 Å². The van der Waals surface area contributed by atoms with Crippen molar-refractivity contribution in [2.75, 3.05) is 24.3 Å². The molecule has 2 N–H and O–H groups in total. The second-order valence-corrected chi connectivity index (χ2v) is 5.17. The maximum Gasteiger partial charge on any atom is 0.337 e. The van der Waals surface area contributed by atoms with E-state index in [2.05, 4.69) is 25.3 Å². The molecule has 126 valence electrons. The predicted octanol–water partition coefficient (Wildman–Crippen LogP) is 2.65. The number of methoxy groups -OCH3 is 1. The van der Waals surface area contributed by atoms with Gasteiger partial charge < -0.3 is 15.4 Å². The highest BCUT2D eigenvalue weighted by atomic mass is 16.5. The fraction of sp³-hybridized carbons (Fsp3) is 0.294. The Morgan fingerprint density at radius 2 is 2.00 bits per heavy atom. The maximum atomic E-state index is 12.4. The molecular weight excluding hydrogens is 308 g/mol. The van der Waals surface area contributed by atoms with Gasteiger partial charge in [-0.3, -0.25) is 4.79 Å². The number of hydrogen-bond acceptors (Lipinski definition) is 6. The lowest BCUT2D eigenvalue weighted by Gasteiger charge is -2.09. The second-order valence-electron chi connectivity index (χ2n) is 5.17. The van der Waals surface area contributed by atoms with E-state index in [9.17, 15) is 9.59 Å². The third-order valence-electron chi connectivity index (χ3n) is 3.16. The van der Waals surface area contributed by atoms with Gasteiger partial charge in [-0.15, -0.1) is 0 Å². The number of aryl methyl sites for hydroxylation is 1. The SMILES string of the molecule is CCCNc1nc(C)cc(C(=O)Nc2cccc(C(=O)OC)c2)n1. The van der Waals surface area contributed by atoms with Gasteiger partial charge in [-0.25, -0.2) is 14.8 Å². The smallest absolute Gasteiger partial charge is 0.337 e. The molecule has 1 aromatic carbocycles. The Balaban J connectivity index is 2.17. The van der Waals surface area contributed by atoms with E-state index in [1.807, 2.05) is 6.92 Å². The summed E-state index contributed by atoms with van der Waals surface area (Å²) in [5.41, 5.74) is 1.79. The molecule has 0 aliphatic carbocycles. The van der Waals surface area contributed by atoms with Crippen LogP contribution in [0, 0.1) is 6.92 Å². The fourth-order valence-electron chi connectivity index (χ4n) is 2.04. The molecule has 0 bridgehead atoms. The van der Waals surface area contributed by atoms with Crippen molar-refractivity contribution in [3.63, 3.8) is 0 Å². The van der Waals surface area contributed by atoms with Crippen molar-refractivity contribution in [2.45, 2.75) is 20.3 Å². The van der Waals surface area contributed by atoms with Gasteiger partial charge in [-0.05, 0) is 37.6 Å². The van der Waals surface area contributed by atoms with Crippen LogP contribution in [0.25, 0.3) is 0 Å². The van der Waals surface area contributed by atoms with E-state index in [1.54, 1.807) is 37.3 Å². The van der Waals surface area contributed by atoms with Gasteiger partial charge in [0, 0.05) is 17.9 Å². The molecule has 0 aliphatic rings. The third-order valence-corrected chi connectivity index (χ3v) is 3.16. The zero-order valence-electron chi connectivity index (χ0n) is 13.9. The lowest BCUT2D eigenvalue weighted by atomic mass is 10.2. The highest BCUT2D eigenvalue weighted by molar-refractivity contribution is 6.03. The van der Waals surface area contributed by atoms with Gasteiger partial charge in [-0.2, -0.15) is 0 Å². The Bertz CT molecular complexity index is 746. The molecule has 0 saturated carbocycles. The Morgan fingerprint density at radius 3 is 2.71 bits per heavy atom. The Labute approximate surface area is 140 Å². The summed E-state index contributed by atoms with van der Waals surface area (Å²) in [6.45, 7) is 4.56. The van der Waals surface area contributed by atoms with Crippen LogP contribution in [0.15, 0.2) is 30.3 Å². The molecule has 1 aromatic heterocycles. The Kier molecular flexibility index (Phi) is 5.83. The average Bonchev–Trinajstić information content (AvgIpc) is 2.59. The summed E-state index contributed by atoms with van der Waals surface area (Å²) in [7, 11) is 1.31. The number of nitrogens with zero attached hydrogens (tertiary/aromatic N) is 2. The van der Waals surface area contributed by atoms with Gasteiger partial charge in [0.05, 0.1) is 12.7 Å². The van der Waals surface area contributed by atoms with E-state index in [1.165, 1.54) is 7.11 Å². The molecule has 0 aliphatic heterocycles. The number of aromatic nitrogens is 2. The summed E-state index contributed by atoms with van der Waals surface area (Å²) in [6.07, 6.45) is 0.930. The topological polar surface area (TPSA) is 93.2 Å². The number of benzene rings is 1. The molecule has 0 radical (unpaired) electrons. The molecule has 7 nitrogen and oxygen atoms in total. The van der Waals surface area contributed by atoms with E-state index >= 15 is 0 Å². The van der Waals surface area contributed by atoms with Gasteiger partial charge in [0.1, 0.15) is 5.69 Å². The van der Waals surface area contributed by atoms with Crippen molar-refractivity contribution < 1.29 is 14.3 Å². The minimum absolute atomic E-state index is 0.254. The quantitative estimate of drug-likeness (QED) is 0.792. The van der Waals surface area contributed by atoms with Gasteiger partial charge >= 0.3 is 5.97 Å². The molecule has 0 fully saturated rings. The number of carbonyl (C=O) groups excluding carboxylic acids is 2. The Hall–Kier alpha value is -2.96. The standard InChI is InChI=1S/C17H20N4O3/c1-4-8-18-17-19-11(2)9-14(21-17)15(22)20-13-7-5-6-12(10-13)16(23)24-3/h5-7,9-10H,4,8H2,1-3H3,(H,20,22)(H,18,19,21). The summed E-state index contributed by atoms with van der Waals surface area (Å²) in [4.78, 5) is 32.4. The van der Waals surface area contributed by atoms with E-state index in [0.717, 1.165) is 13.0 Å². The molecule has 0 unspecified atom stereocenters. The zero-order valence-corrected chi connectivity index (χ0v) is 13.9. The first-order valence-corrected chi connectivity index (χ1v) is 7.62. The lowest BCUT2D eigenvalue weighted by Crippen LogP contribution is -2.16. The number of nitrogens with one attached hydrogen (secondary N) is 2. The van der Waals surface area contributed by atoms with Crippen LogP contribution in [0.4, 0.5) is 11.6 Å². The van der Waals surface area contributed by atoms with Crippen molar-refractivity contribution in [3.8, 4) is 0 Å². The monoisotopic (exact) mass is 328 g/mol. The zero-order chi connectivity index (χ0) is 17.5. The predicted molar refractivity (Wildman–Crippen MR) is 91.3 cm³/mol. The van der Waals surface area contributed by atoms with Crippen LogP contribution >= 0.6 is 0 Å². The first-order chi connectivity index (χ1) is 11.5. The first-order valence-electron chi connectivity index (χ1n) is 7.62. The van der Waals surface area contributed by atoms with Gasteiger partial charge in [0.15, 0.2) is 0 Å². The van der Waals surface area contributed by atoms with Crippen LogP contribution < -0.4 is 10.6 Å². The molecular formula is C17H20N4O3. The van der Waals surface area contributed by atoms with E-state index < -0.39 is 5.97 Å². The van der Waals surface area contributed by atoms with E-state index in [-0.39, 0.29) is 11.6 Å². The van der Waals surface area contributed by atoms with Crippen molar-refractivity contribution in [1.29, 1.82) is 0 Å². The molecule has 0 atom stereocenters. The average molecular weight is 328 g/mol. The molecule has 0 saturated heterocycles. The van der Waals surface area contributed by atoms with Crippen LogP contribution in [0.5, 0.6) is 0 Å². The summed E-state index contributed by atoms with van der Waals surface area (Å²) >= 11 is 0. The van der Waals surface area contributed by atoms with Crippen molar-refractivity contribution in [1.82, 2.24) is 9.97 Å². The molecule has 2 aromatic rings.